The lowest BCUT2D eigenvalue weighted by atomic mass is 10.1. The summed E-state index contributed by atoms with van der Waals surface area (Å²) in [5.41, 5.74) is 6.15. The normalized spacial score (nSPS) is 13.9. The van der Waals surface area contributed by atoms with Gasteiger partial charge in [0.2, 0.25) is 0 Å². The smallest absolute Gasteiger partial charge is 0.251 e. The Bertz CT molecular complexity index is 1560. The van der Waals surface area contributed by atoms with Crippen LogP contribution in [0.1, 0.15) is 22.3 Å². The summed E-state index contributed by atoms with van der Waals surface area (Å²) in [4.78, 5) is 23.0. The molecule has 1 amide bonds. The van der Waals surface area contributed by atoms with Gasteiger partial charge in [-0.1, -0.05) is 72.8 Å². The van der Waals surface area contributed by atoms with Crippen molar-refractivity contribution in [1.29, 1.82) is 0 Å². The number of para-hydroxylation sites is 3. The second-order valence-electron chi connectivity index (χ2n) is 10.4. The largest absolute Gasteiger partial charge is 0.369 e. The van der Waals surface area contributed by atoms with Crippen LogP contribution < -0.4 is 10.2 Å². The molecule has 202 valence electrons. The molecule has 1 saturated heterocycles. The molecular formula is C34H35N5O. The van der Waals surface area contributed by atoms with Crippen LogP contribution in [0.25, 0.3) is 22.4 Å². The number of benzene rings is 4. The van der Waals surface area contributed by atoms with Crippen molar-refractivity contribution < 1.29 is 4.79 Å². The second kappa shape index (κ2) is 12.2. The molecule has 40 heavy (non-hydrogen) atoms. The number of amides is 1. The molecule has 1 aromatic heterocycles. The Morgan fingerprint density at radius 3 is 2.30 bits per heavy atom. The first-order valence-electron chi connectivity index (χ1n) is 14.1. The number of hydrogen-bond donors (Lipinski definition) is 1. The van der Waals surface area contributed by atoms with E-state index in [1.54, 1.807) is 0 Å². The van der Waals surface area contributed by atoms with Crippen molar-refractivity contribution in [2.24, 2.45) is 0 Å². The van der Waals surface area contributed by atoms with Gasteiger partial charge in [0.05, 0.1) is 11.0 Å². The van der Waals surface area contributed by atoms with E-state index in [1.807, 2.05) is 48.5 Å². The van der Waals surface area contributed by atoms with Crippen molar-refractivity contribution in [2.75, 3.05) is 44.2 Å². The van der Waals surface area contributed by atoms with Crippen LogP contribution in [0, 0.1) is 0 Å². The van der Waals surface area contributed by atoms with Gasteiger partial charge in [-0.2, -0.15) is 0 Å². The molecule has 6 heteroatoms. The number of piperazine rings is 1. The quantitative estimate of drug-likeness (QED) is 0.249. The molecule has 2 heterocycles. The zero-order chi connectivity index (χ0) is 27.1. The number of carbonyl (C=O) groups excluding carboxylic acids is 1. The number of nitrogens with zero attached hydrogens (tertiary/aromatic N) is 4. The molecule has 6 rings (SSSR count). The third-order valence-electron chi connectivity index (χ3n) is 7.65. The summed E-state index contributed by atoms with van der Waals surface area (Å²) < 4.78 is 2.24. The Balaban J connectivity index is 1.07. The van der Waals surface area contributed by atoms with Crippen molar-refractivity contribution in [3.05, 3.63) is 120 Å². The SMILES string of the molecule is O=C(NCCCN1CCN(c2ccccc2)CC1)c1cccc(-c2nc3ccccc3n2Cc2ccccc2)c1. The highest BCUT2D eigenvalue weighted by Gasteiger charge is 2.17. The van der Waals surface area contributed by atoms with E-state index in [4.69, 9.17) is 4.98 Å². The van der Waals surface area contributed by atoms with E-state index in [2.05, 4.69) is 80.3 Å². The van der Waals surface area contributed by atoms with Gasteiger partial charge in [0.15, 0.2) is 0 Å². The molecular weight excluding hydrogens is 494 g/mol. The van der Waals surface area contributed by atoms with Gasteiger partial charge in [-0.25, -0.2) is 4.98 Å². The summed E-state index contributed by atoms with van der Waals surface area (Å²) in [6, 6.07) is 37.1. The van der Waals surface area contributed by atoms with Crippen LogP contribution in [-0.4, -0.2) is 59.6 Å². The molecule has 4 aromatic carbocycles. The second-order valence-corrected chi connectivity index (χ2v) is 10.4. The number of fused-ring (bicyclic) bond motifs is 1. The van der Waals surface area contributed by atoms with Crippen LogP contribution in [0.5, 0.6) is 0 Å². The minimum Gasteiger partial charge on any atom is -0.369 e. The average Bonchev–Trinajstić information content (AvgIpc) is 3.39. The van der Waals surface area contributed by atoms with E-state index in [0.29, 0.717) is 18.7 Å². The van der Waals surface area contributed by atoms with E-state index in [0.717, 1.165) is 61.6 Å². The molecule has 0 bridgehead atoms. The van der Waals surface area contributed by atoms with Gasteiger partial charge in [0.1, 0.15) is 5.82 Å². The Morgan fingerprint density at radius 1 is 0.775 bits per heavy atom. The average molecular weight is 530 g/mol. The maximum absolute atomic E-state index is 13.1. The number of hydrogen-bond acceptors (Lipinski definition) is 4. The van der Waals surface area contributed by atoms with E-state index < -0.39 is 0 Å². The zero-order valence-corrected chi connectivity index (χ0v) is 22.7. The van der Waals surface area contributed by atoms with Gasteiger partial charge in [0.25, 0.3) is 5.91 Å². The number of imidazole rings is 1. The molecule has 0 saturated carbocycles. The maximum Gasteiger partial charge on any atom is 0.251 e. The molecule has 0 aliphatic carbocycles. The topological polar surface area (TPSA) is 53.4 Å². The molecule has 1 fully saturated rings. The number of nitrogens with one attached hydrogen (secondary N) is 1. The van der Waals surface area contributed by atoms with Crippen molar-refractivity contribution in [2.45, 2.75) is 13.0 Å². The van der Waals surface area contributed by atoms with Crippen LogP contribution in [0.3, 0.4) is 0 Å². The van der Waals surface area contributed by atoms with Crippen LogP contribution in [0.15, 0.2) is 109 Å². The monoisotopic (exact) mass is 529 g/mol. The fourth-order valence-electron chi connectivity index (χ4n) is 5.50. The highest BCUT2D eigenvalue weighted by Crippen LogP contribution is 2.27. The summed E-state index contributed by atoms with van der Waals surface area (Å²) in [5, 5.41) is 3.13. The van der Waals surface area contributed by atoms with Gasteiger partial charge in [-0.05, 0) is 54.9 Å². The standard InChI is InChI=1S/C34H35N5O/c40-34(35-19-10-20-37-21-23-38(24-22-37)30-15-5-2-6-16-30)29-14-9-13-28(25-29)33-36-31-17-7-8-18-32(31)39(33)26-27-11-3-1-4-12-27/h1-9,11-18,25H,10,19-24,26H2,(H,35,40). The van der Waals surface area contributed by atoms with Crippen LogP contribution >= 0.6 is 0 Å². The fourth-order valence-corrected chi connectivity index (χ4v) is 5.50. The van der Waals surface area contributed by atoms with Crippen molar-refractivity contribution in [3.8, 4) is 11.4 Å². The summed E-state index contributed by atoms with van der Waals surface area (Å²) in [6.07, 6.45) is 0.934. The van der Waals surface area contributed by atoms with Crippen molar-refractivity contribution in [1.82, 2.24) is 19.8 Å². The molecule has 1 N–H and O–H groups in total. The number of rotatable bonds is 9. The number of anilines is 1. The predicted octanol–water partition coefficient (Wildman–Crippen LogP) is 5.69. The van der Waals surface area contributed by atoms with Gasteiger partial charge in [-0.15, -0.1) is 0 Å². The molecule has 1 aliphatic rings. The molecule has 0 radical (unpaired) electrons. The van der Waals surface area contributed by atoms with Crippen molar-refractivity contribution >= 4 is 22.6 Å². The van der Waals surface area contributed by atoms with Crippen LogP contribution in [-0.2, 0) is 6.54 Å². The lowest BCUT2D eigenvalue weighted by Gasteiger charge is -2.36. The Morgan fingerprint density at radius 2 is 1.50 bits per heavy atom. The minimum absolute atomic E-state index is 0.0403. The summed E-state index contributed by atoms with van der Waals surface area (Å²) in [5.74, 6) is 0.829. The molecule has 6 nitrogen and oxygen atoms in total. The van der Waals surface area contributed by atoms with E-state index >= 15 is 0 Å². The third kappa shape index (κ3) is 5.92. The first-order chi connectivity index (χ1) is 19.7. The third-order valence-corrected chi connectivity index (χ3v) is 7.65. The lowest BCUT2D eigenvalue weighted by molar-refractivity contribution is 0.0951. The Hall–Kier alpha value is -4.42. The molecule has 1 aliphatic heterocycles. The van der Waals surface area contributed by atoms with Crippen molar-refractivity contribution in [3.63, 3.8) is 0 Å². The van der Waals surface area contributed by atoms with E-state index in [-0.39, 0.29) is 5.91 Å². The number of aromatic nitrogens is 2. The number of carbonyl (C=O) groups is 1. The summed E-state index contributed by atoms with van der Waals surface area (Å²) in [7, 11) is 0. The Labute approximate surface area is 235 Å². The van der Waals surface area contributed by atoms with Gasteiger partial charge >= 0.3 is 0 Å². The summed E-state index contributed by atoms with van der Waals surface area (Å²) >= 11 is 0. The predicted molar refractivity (Wildman–Crippen MR) is 163 cm³/mol. The maximum atomic E-state index is 13.1. The van der Waals surface area contributed by atoms with Crippen LogP contribution in [0.2, 0.25) is 0 Å². The van der Waals surface area contributed by atoms with Crippen LogP contribution in [0.4, 0.5) is 5.69 Å². The highest BCUT2D eigenvalue weighted by atomic mass is 16.1. The fraction of sp³-hybridized carbons (Fsp3) is 0.235. The van der Waals surface area contributed by atoms with E-state index in [9.17, 15) is 4.79 Å². The van der Waals surface area contributed by atoms with Gasteiger partial charge < -0.3 is 14.8 Å². The molecule has 0 spiro atoms. The van der Waals surface area contributed by atoms with Gasteiger partial charge in [-0.3, -0.25) is 9.69 Å². The molecule has 0 atom stereocenters. The first kappa shape index (κ1) is 25.8. The van der Waals surface area contributed by atoms with E-state index in [1.165, 1.54) is 11.3 Å². The minimum atomic E-state index is -0.0403. The molecule has 0 unspecified atom stereocenters. The highest BCUT2D eigenvalue weighted by molar-refractivity contribution is 5.95. The molecule has 5 aromatic rings. The first-order valence-corrected chi connectivity index (χ1v) is 14.1. The Kier molecular flexibility index (Phi) is 7.87. The van der Waals surface area contributed by atoms with Gasteiger partial charge in [0, 0.05) is 56.1 Å². The summed E-state index contributed by atoms with van der Waals surface area (Å²) in [6.45, 7) is 6.55. The zero-order valence-electron chi connectivity index (χ0n) is 22.7. The lowest BCUT2D eigenvalue weighted by Crippen LogP contribution is -2.47.